The van der Waals surface area contributed by atoms with Crippen LogP contribution >= 0.6 is 7.81 Å². The molecule has 0 spiro atoms. The fraction of sp³-hybridized carbons (Fsp3) is 0.435. The number of methoxy groups -OCH3 is 4. The molecule has 0 saturated carbocycles. The standard InChI is InChI=1S/C23H31NO6.F6P/c1-26-19-10-17(11-20(14-19)27-2)16-24-8-6-5-7-9-30-23(25)18-12-21(28-3)15-22(13-18)29-4;1-7(2,3,4,5)6/h10-15,24H,5-9,16H2,1-4H3;/q;-1/p+1. The average molecular weight is 563 g/mol. The van der Waals surface area contributed by atoms with E-state index in [-0.39, 0.29) is 5.97 Å². The Morgan fingerprint density at radius 3 is 1.57 bits per heavy atom. The van der Waals surface area contributed by atoms with Crippen molar-refractivity contribution >= 4 is 13.8 Å². The molecule has 0 amide bonds. The molecule has 37 heavy (non-hydrogen) atoms. The molecule has 0 heterocycles. The summed E-state index contributed by atoms with van der Waals surface area (Å²) in [5.74, 6) is 2.35. The van der Waals surface area contributed by atoms with Crippen LogP contribution in [-0.2, 0) is 11.3 Å². The molecule has 14 heteroatoms. The summed E-state index contributed by atoms with van der Waals surface area (Å²) in [7, 11) is -4.26. The second-order valence-corrected chi connectivity index (χ2v) is 9.68. The summed E-state index contributed by atoms with van der Waals surface area (Å²) < 4.78 is 85.5. The van der Waals surface area contributed by atoms with Gasteiger partial charge in [-0.1, -0.05) is 0 Å². The molecule has 0 atom stereocenters. The van der Waals surface area contributed by atoms with E-state index in [2.05, 4.69) is 5.32 Å². The van der Waals surface area contributed by atoms with E-state index in [4.69, 9.17) is 23.7 Å². The second kappa shape index (κ2) is 13.0. The first kappa shape index (κ1) is 32.1. The van der Waals surface area contributed by atoms with Crippen LogP contribution in [-0.4, -0.2) is 47.6 Å². The van der Waals surface area contributed by atoms with Gasteiger partial charge in [-0.25, -0.2) is 4.79 Å². The van der Waals surface area contributed by atoms with Crippen molar-refractivity contribution < 1.29 is 59.0 Å². The Bertz CT molecular complexity index is 965. The van der Waals surface area contributed by atoms with E-state index < -0.39 is 7.81 Å². The zero-order chi connectivity index (χ0) is 28.2. The first-order valence-corrected chi connectivity index (χ1v) is 13.1. The van der Waals surface area contributed by atoms with Crippen LogP contribution < -0.4 is 24.3 Å². The molecule has 0 bridgehead atoms. The number of ether oxygens (including phenoxy) is 5. The van der Waals surface area contributed by atoms with E-state index in [1.54, 1.807) is 46.6 Å². The quantitative estimate of drug-likeness (QED) is 0.135. The second-order valence-electron chi connectivity index (χ2n) is 7.76. The Morgan fingerprint density at radius 2 is 1.14 bits per heavy atom. The molecule has 0 unspecified atom stereocenters. The van der Waals surface area contributed by atoms with Crippen molar-refractivity contribution in [3.05, 3.63) is 47.5 Å². The van der Waals surface area contributed by atoms with Crippen molar-refractivity contribution in [2.24, 2.45) is 0 Å². The zero-order valence-electron chi connectivity index (χ0n) is 20.9. The third-order valence-corrected chi connectivity index (χ3v) is 4.66. The summed E-state index contributed by atoms with van der Waals surface area (Å²) in [5, 5.41) is 2.25. The first-order valence-electron chi connectivity index (χ1n) is 11.0. The van der Waals surface area contributed by atoms with E-state index in [0.29, 0.717) is 23.7 Å². The Morgan fingerprint density at radius 1 is 0.703 bits per heavy atom. The molecule has 7 nitrogen and oxygen atoms in total. The normalized spacial score (nSPS) is 12.8. The molecule has 2 rings (SSSR count). The molecule has 0 aliphatic rings. The van der Waals surface area contributed by atoms with Gasteiger partial charge in [-0.3, -0.25) is 0 Å². The number of halogens is 6. The van der Waals surface area contributed by atoms with Crippen LogP contribution in [0.15, 0.2) is 36.4 Å². The summed E-state index contributed by atoms with van der Waals surface area (Å²) in [6.07, 6.45) is 2.87. The van der Waals surface area contributed by atoms with Crippen LogP contribution in [0.4, 0.5) is 25.2 Å². The number of rotatable bonds is 13. The van der Waals surface area contributed by atoms with Gasteiger partial charge in [-0.05, 0) is 43.5 Å². The molecular weight excluding hydrogens is 531 g/mol. The van der Waals surface area contributed by atoms with E-state index in [1.807, 2.05) is 18.2 Å². The third-order valence-electron chi connectivity index (χ3n) is 4.66. The van der Waals surface area contributed by atoms with Crippen molar-refractivity contribution in [2.45, 2.75) is 25.8 Å². The predicted molar refractivity (Wildman–Crippen MR) is 127 cm³/mol. The molecular formula is C23H32F6NO6P. The van der Waals surface area contributed by atoms with Gasteiger partial charge in [0.2, 0.25) is 0 Å². The van der Waals surface area contributed by atoms with E-state index in [0.717, 1.165) is 49.4 Å². The molecule has 0 aromatic heterocycles. The van der Waals surface area contributed by atoms with Gasteiger partial charge in [-0.15, -0.1) is 0 Å². The topological polar surface area (TPSA) is 79.8 Å². The molecule has 0 aliphatic carbocycles. The van der Waals surface area contributed by atoms with Gasteiger partial charge in [0.15, 0.2) is 0 Å². The fourth-order valence-corrected chi connectivity index (χ4v) is 2.99. The van der Waals surface area contributed by atoms with Gasteiger partial charge < -0.3 is 29.0 Å². The Labute approximate surface area is 211 Å². The van der Waals surface area contributed by atoms with Gasteiger partial charge in [0.05, 0.1) is 47.2 Å². The van der Waals surface area contributed by atoms with Crippen LogP contribution in [0.2, 0.25) is 0 Å². The maximum atomic E-state index is 12.2. The third kappa shape index (κ3) is 16.4. The molecule has 2 N–H and O–H groups in total. The minimum atomic E-state index is -10.7. The number of hydrogen-bond donors (Lipinski definition) is 1. The van der Waals surface area contributed by atoms with E-state index in [1.165, 1.54) is 0 Å². The summed E-state index contributed by atoms with van der Waals surface area (Å²) in [4.78, 5) is 12.2. The number of unbranched alkanes of at least 4 members (excludes halogenated alkanes) is 2. The number of carbonyl (C=O) groups is 1. The number of quaternary nitrogens is 1. The van der Waals surface area contributed by atoms with Gasteiger partial charge >= 0.3 is 39.0 Å². The van der Waals surface area contributed by atoms with Gasteiger partial charge in [0, 0.05) is 17.7 Å². The van der Waals surface area contributed by atoms with Gasteiger partial charge in [0.1, 0.15) is 29.5 Å². The van der Waals surface area contributed by atoms with Crippen molar-refractivity contribution in [2.75, 3.05) is 41.6 Å². The Hall–Kier alpha value is -2.92. The van der Waals surface area contributed by atoms with E-state index >= 15 is 0 Å². The van der Waals surface area contributed by atoms with Crippen LogP contribution in [0.25, 0.3) is 0 Å². The summed E-state index contributed by atoms with van der Waals surface area (Å²) in [5.41, 5.74) is 1.59. The van der Waals surface area contributed by atoms with Crippen LogP contribution in [0.3, 0.4) is 0 Å². The SMILES string of the molecule is COc1cc(C[NH2+]CCCCCOC(=O)c2cc(OC)cc(OC)c2)cc(OC)c1.F[P-](F)(F)(F)(F)F. The summed E-state index contributed by atoms with van der Waals surface area (Å²) in [6.45, 7) is 2.26. The molecule has 2 aromatic carbocycles. The molecule has 0 radical (unpaired) electrons. The number of benzene rings is 2. The summed E-state index contributed by atoms with van der Waals surface area (Å²) >= 11 is 0. The number of carbonyl (C=O) groups excluding carboxylic acids is 1. The van der Waals surface area contributed by atoms with Gasteiger partial charge in [-0.2, -0.15) is 0 Å². The average Bonchev–Trinajstić information content (AvgIpc) is 2.82. The maximum absolute atomic E-state index is 12.2. The first-order chi connectivity index (χ1) is 17.0. The minimum absolute atomic E-state index is 0.370. The van der Waals surface area contributed by atoms with Crippen molar-refractivity contribution in [1.29, 1.82) is 0 Å². The van der Waals surface area contributed by atoms with Crippen molar-refractivity contribution in [3.63, 3.8) is 0 Å². The zero-order valence-corrected chi connectivity index (χ0v) is 21.8. The molecule has 0 saturated heterocycles. The molecule has 0 fully saturated rings. The molecule has 212 valence electrons. The molecule has 2 aromatic rings. The van der Waals surface area contributed by atoms with Crippen LogP contribution in [0, 0.1) is 0 Å². The van der Waals surface area contributed by atoms with Crippen LogP contribution in [0.1, 0.15) is 35.2 Å². The monoisotopic (exact) mass is 563 g/mol. The summed E-state index contributed by atoms with van der Waals surface area (Å²) in [6, 6.07) is 10.9. The fourth-order valence-electron chi connectivity index (χ4n) is 2.99. The predicted octanol–water partition coefficient (Wildman–Crippen LogP) is 6.19. The number of nitrogens with two attached hydrogens (primary N) is 1. The van der Waals surface area contributed by atoms with Gasteiger partial charge in [0.25, 0.3) is 0 Å². The molecule has 0 aliphatic heterocycles. The van der Waals surface area contributed by atoms with E-state index in [9.17, 15) is 30.0 Å². The Kier molecular flexibility index (Phi) is 11.3. The number of esters is 1. The Balaban J connectivity index is 0.000000856. The van der Waals surface area contributed by atoms with Crippen LogP contribution in [0.5, 0.6) is 23.0 Å². The van der Waals surface area contributed by atoms with Crippen molar-refractivity contribution in [3.8, 4) is 23.0 Å². The van der Waals surface area contributed by atoms with Crippen molar-refractivity contribution in [1.82, 2.24) is 0 Å². The number of hydrogen-bond acceptors (Lipinski definition) is 6.